The summed E-state index contributed by atoms with van der Waals surface area (Å²) in [6, 6.07) is 5.62. The molecule has 0 spiro atoms. The summed E-state index contributed by atoms with van der Waals surface area (Å²) in [5.74, 6) is -1.87. The number of esters is 4. The monoisotopic (exact) mass is 1010 g/mol. The van der Waals surface area contributed by atoms with E-state index in [0.29, 0.717) is 15.6 Å². The van der Waals surface area contributed by atoms with E-state index >= 15 is 0 Å². The van der Waals surface area contributed by atoms with E-state index in [0.717, 1.165) is 22.7 Å². The molecule has 2 heterocycles. The van der Waals surface area contributed by atoms with Gasteiger partial charge in [-0.1, -0.05) is 99.0 Å². The van der Waals surface area contributed by atoms with Gasteiger partial charge in [0.2, 0.25) is 0 Å². The third-order valence-electron chi connectivity index (χ3n) is 11.2. The van der Waals surface area contributed by atoms with Crippen molar-refractivity contribution in [3.63, 3.8) is 0 Å². The number of carbonyl (C=O) groups is 4. The van der Waals surface area contributed by atoms with E-state index in [9.17, 15) is 19.2 Å². The minimum absolute atomic E-state index is 0.0347. The van der Waals surface area contributed by atoms with Crippen LogP contribution in [0.25, 0.3) is 0 Å². The molecule has 0 fully saturated rings. The Morgan fingerprint density at radius 2 is 0.714 bits per heavy atom. The fraction of sp³-hybridized carbons (Fsp3) is 0.609. The van der Waals surface area contributed by atoms with E-state index in [-0.39, 0.29) is 115 Å². The zero-order chi connectivity index (χ0) is 47.6. The molecule has 0 saturated carbocycles. The SMILES string of the molecule is CCOC(=O)c1sc(C(=O)OCC)c(O[Si](C(C)C)(C(C)C)C(C)C)c1OCc1cc(Br)cc(COc2c(C(=O)OCC)sc(C(=O)OCC)c2O[Si](C(C)C)(C(C)C)C(C)C)c1. The molecule has 3 aromatic rings. The Morgan fingerprint density at radius 3 is 0.952 bits per heavy atom. The summed E-state index contributed by atoms with van der Waals surface area (Å²) >= 11 is 5.54. The molecule has 12 nitrogen and oxygen atoms in total. The van der Waals surface area contributed by atoms with Crippen LogP contribution < -0.4 is 18.3 Å². The molecule has 0 amide bonds. The second-order valence-electron chi connectivity index (χ2n) is 17.1. The fourth-order valence-electron chi connectivity index (χ4n) is 8.83. The molecule has 0 aliphatic carbocycles. The van der Waals surface area contributed by atoms with Crippen LogP contribution in [0, 0.1) is 0 Å². The maximum atomic E-state index is 13.6. The number of hydrogen-bond donors (Lipinski definition) is 0. The van der Waals surface area contributed by atoms with E-state index in [2.05, 4.69) is 99.0 Å². The van der Waals surface area contributed by atoms with Crippen molar-refractivity contribution >= 4 is 79.1 Å². The largest absolute Gasteiger partial charge is 0.539 e. The van der Waals surface area contributed by atoms with E-state index in [4.69, 9.17) is 37.3 Å². The van der Waals surface area contributed by atoms with Gasteiger partial charge >= 0.3 is 23.9 Å². The first-order valence-electron chi connectivity index (χ1n) is 22.0. The lowest BCUT2D eigenvalue weighted by Crippen LogP contribution is -2.51. The molecule has 17 heteroatoms. The molecular weight excluding hydrogens is 945 g/mol. The lowest BCUT2D eigenvalue weighted by atomic mass is 10.1. The molecule has 0 radical (unpaired) electrons. The average molecular weight is 1010 g/mol. The van der Waals surface area contributed by atoms with Crippen molar-refractivity contribution in [3.05, 3.63) is 53.3 Å². The number of rotatable bonds is 24. The van der Waals surface area contributed by atoms with Crippen LogP contribution in [0.5, 0.6) is 23.0 Å². The average Bonchev–Trinajstić information content (AvgIpc) is 3.74. The lowest BCUT2D eigenvalue weighted by molar-refractivity contribution is 0.0517. The summed E-state index contributed by atoms with van der Waals surface area (Å²) < 4.78 is 50.0. The van der Waals surface area contributed by atoms with E-state index in [1.807, 2.05) is 18.2 Å². The zero-order valence-electron chi connectivity index (χ0n) is 40.0. The number of thiophene rings is 2. The molecule has 352 valence electrons. The van der Waals surface area contributed by atoms with Gasteiger partial charge in [-0.2, -0.15) is 0 Å². The molecule has 0 aliphatic rings. The van der Waals surface area contributed by atoms with Gasteiger partial charge in [0, 0.05) is 4.47 Å². The summed E-state index contributed by atoms with van der Waals surface area (Å²) in [5, 5.41) is 0. The minimum atomic E-state index is -2.70. The van der Waals surface area contributed by atoms with Crippen LogP contribution in [0.1, 0.15) is 161 Å². The second kappa shape index (κ2) is 23.7. The van der Waals surface area contributed by atoms with Crippen LogP contribution >= 0.6 is 38.6 Å². The van der Waals surface area contributed by atoms with E-state index < -0.39 is 40.5 Å². The summed E-state index contributed by atoms with van der Waals surface area (Å²) in [4.78, 5) is 54.7. The highest BCUT2D eigenvalue weighted by Gasteiger charge is 2.50. The standard InChI is InChI=1S/C46H69BrO12S2Si2/c1-17-52-43(48)39-35(37(41(60-39)45(50)54-19-3)58-62(26(5)6,27(7)8)28(9)10)56-24-32-21-33(23-34(47)22-32)25-57-36-38(59-63(29(11)12,30(13)14)31(15)16)42(46(51)55-20-4)61-40(36)44(49)53-18-2/h21-23,26-31H,17-20,24-25H2,1-16H3. The third-order valence-corrected chi connectivity index (χ3v) is 25.9. The predicted octanol–water partition coefficient (Wildman–Crippen LogP) is 13.5. The Hall–Kier alpha value is -3.39. The molecule has 0 bridgehead atoms. The Balaban J connectivity index is 2.21. The van der Waals surface area contributed by atoms with Gasteiger partial charge in [0.15, 0.2) is 42.5 Å². The van der Waals surface area contributed by atoms with Crippen LogP contribution in [0.2, 0.25) is 33.2 Å². The molecule has 2 aromatic heterocycles. The van der Waals surface area contributed by atoms with Gasteiger partial charge in [-0.25, -0.2) is 19.2 Å². The summed E-state index contributed by atoms with van der Waals surface area (Å²) in [6.07, 6.45) is 0. The molecule has 63 heavy (non-hydrogen) atoms. The van der Waals surface area contributed by atoms with Gasteiger partial charge in [-0.3, -0.25) is 0 Å². The molecule has 0 atom stereocenters. The van der Waals surface area contributed by atoms with Gasteiger partial charge in [-0.15, -0.1) is 22.7 Å². The zero-order valence-corrected chi connectivity index (χ0v) is 45.3. The lowest BCUT2D eigenvalue weighted by Gasteiger charge is -2.42. The maximum absolute atomic E-state index is 13.6. The number of carbonyl (C=O) groups excluding carboxylic acids is 4. The van der Waals surface area contributed by atoms with Crippen molar-refractivity contribution in [1.29, 1.82) is 0 Å². The first-order chi connectivity index (χ1) is 29.6. The highest BCUT2D eigenvalue weighted by molar-refractivity contribution is 9.10. The molecule has 0 N–H and O–H groups in total. The van der Waals surface area contributed by atoms with Crippen molar-refractivity contribution in [1.82, 2.24) is 0 Å². The summed E-state index contributed by atoms with van der Waals surface area (Å²) in [6.45, 7) is 32.9. The Bertz CT molecular complexity index is 1860. The number of ether oxygens (including phenoxy) is 6. The fourth-order valence-corrected chi connectivity index (χ4v) is 22.0. The number of halogens is 1. The van der Waals surface area contributed by atoms with Gasteiger partial charge in [-0.05, 0) is 90.3 Å². The quantitative estimate of drug-likeness (QED) is 0.0479. The first-order valence-corrected chi connectivity index (χ1v) is 28.7. The molecule has 0 unspecified atom stereocenters. The normalized spacial score (nSPS) is 12.1. The highest BCUT2D eigenvalue weighted by Crippen LogP contribution is 2.52. The van der Waals surface area contributed by atoms with Crippen LogP contribution in [0.15, 0.2) is 22.7 Å². The van der Waals surface area contributed by atoms with Gasteiger partial charge in [0.1, 0.15) is 13.2 Å². The molecule has 0 aliphatic heterocycles. The van der Waals surface area contributed by atoms with Crippen molar-refractivity contribution in [2.45, 2.75) is 157 Å². The van der Waals surface area contributed by atoms with Crippen LogP contribution in [-0.4, -0.2) is 66.9 Å². The predicted molar refractivity (Wildman–Crippen MR) is 259 cm³/mol. The topological polar surface area (TPSA) is 142 Å². The van der Waals surface area contributed by atoms with Crippen molar-refractivity contribution < 1.29 is 56.5 Å². The molecule has 1 aromatic carbocycles. The molecule has 3 rings (SSSR count). The van der Waals surface area contributed by atoms with E-state index in [1.54, 1.807) is 27.7 Å². The van der Waals surface area contributed by atoms with Crippen molar-refractivity contribution in [3.8, 4) is 23.0 Å². The minimum Gasteiger partial charge on any atom is -0.539 e. The first kappa shape index (κ1) is 53.9. The van der Waals surface area contributed by atoms with Crippen LogP contribution in [0.3, 0.4) is 0 Å². The van der Waals surface area contributed by atoms with E-state index in [1.165, 1.54) is 0 Å². The van der Waals surface area contributed by atoms with Gasteiger partial charge in [0.25, 0.3) is 16.6 Å². The highest BCUT2D eigenvalue weighted by atomic mass is 79.9. The smallest absolute Gasteiger partial charge is 0.352 e. The summed E-state index contributed by atoms with van der Waals surface area (Å²) in [5.41, 5.74) is 2.25. The van der Waals surface area contributed by atoms with Crippen LogP contribution in [0.4, 0.5) is 0 Å². The van der Waals surface area contributed by atoms with Crippen molar-refractivity contribution in [2.24, 2.45) is 0 Å². The summed E-state index contributed by atoms with van der Waals surface area (Å²) in [7, 11) is -5.41. The second-order valence-corrected chi connectivity index (χ2v) is 30.8. The Labute approximate surface area is 393 Å². The molecular formula is C46H69BrO12S2Si2. The number of benzene rings is 1. The third kappa shape index (κ3) is 12.1. The van der Waals surface area contributed by atoms with Crippen molar-refractivity contribution in [2.75, 3.05) is 26.4 Å². The Morgan fingerprint density at radius 1 is 0.460 bits per heavy atom. The van der Waals surface area contributed by atoms with Gasteiger partial charge < -0.3 is 37.3 Å². The maximum Gasteiger partial charge on any atom is 0.352 e. The van der Waals surface area contributed by atoms with Crippen LogP contribution in [-0.2, 0) is 32.2 Å². The molecule has 0 saturated heterocycles. The van der Waals surface area contributed by atoms with Gasteiger partial charge in [0.05, 0.1) is 26.4 Å². The number of hydrogen-bond acceptors (Lipinski definition) is 14. The Kier molecular flexibility index (Phi) is 20.3.